The molecule has 0 heterocycles. The lowest BCUT2D eigenvalue weighted by Gasteiger charge is -2.35. The van der Waals surface area contributed by atoms with E-state index in [1.807, 2.05) is 30.3 Å². The maximum Gasteiger partial charge on any atom is 0.455 e. The van der Waals surface area contributed by atoms with Crippen LogP contribution in [0, 0.1) is 17.2 Å². The van der Waals surface area contributed by atoms with Gasteiger partial charge in [-0.3, -0.25) is 0 Å². The van der Waals surface area contributed by atoms with Crippen LogP contribution in [0.1, 0.15) is 18.0 Å². The number of hydrogen-bond donors (Lipinski definition) is 2. The Kier molecular flexibility index (Phi) is 5.36. The van der Waals surface area contributed by atoms with E-state index in [0.29, 0.717) is 0 Å². The first kappa shape index (κ1) is 16.0. The molecule has 0 saturated carbocycles. The van der Waals surface area contributed by atoms with Gasteiger partial charge < -0.3 is 10.0 Å². The third kappa shape index (κ3) is 3.94. The fraction of sp³-hybridized carbons (Fsp3) is 0.500. The van der Waals surface area contributed by atoms with Crippen LogP contribution in [0.3, 0.4) is 0 Å². The van der Waals surface area contributed by atoms with Gasteiger partial charge in [0, 0.05) is 5.82 Å². The second-order valence-electron chi connectivity index (χ2n) is 6.18. The normalized spacial score (nSPS) is 16.3. The van der Waals surface area contributed by atoms with Gasteiger partial charge in [0.15, 0.2) is 0 Å². The zero-order valence-corrected chi connectivity index (χ0v) is 13.0. The van der Waals surface area contributed by atoms with E-state index in [4.69, 9.17) is 0 Å². The SMILES string of the molecule is CC(B(O)O)C(C#N)C(c1ccccc1)[Si](C)(C)C. The molecule has 0 aliphatic heterocycles. The first-order chi connectivity index (χ1) is 8.79. The molecule has 5 heteroatoms. The molecule has 2 N–H and O–H groups in total. The van der Waals surface area contributed by atoms with Gasteiger partial charge >= 0.3 is 7.12 Å². The molecule has 0 aliphatic carbocycles. The van der Waals surface area contributed by atoms with Gasteiger partial charge in [-0.2, -0.15) is 5.26 Å². The lowest BCUT2D eigenvalue weighted by molar-refractivity contribution is 0.367. The average molecular weight is 275 g/mol. The fourth-order valence-electron chi connectivity index (χ4n) is 2.59. The first-order valence-electron chi connectivity index (χ1n) is 6.59. The van der Waals surface area contributed by atoms with Crippen LogP contribution in [-0.4, -0.2) is 25.2 Å². The summed E-state index contributed by atoms with van der Waals surface area (Å²) in [6.07, 6.45) is 0. The summed E-state index contributed by atoms with van der Waals surface area (Å²) in [6.45, 7) is 8.37. The van der Waals surface area contributed by atoms with E-state index in [2.05, 4.69) is 25.7 Å². The number of nitriles is 1. The third-order valence-electron chi connectivity index (χ3n) is 3.64. The van der Waals surface area contributed by atoms with Crippen molar-refractivity contribution < 1.29 is 10.0 Å². The van der Waals surface area contributed by atoms with Crippen LogP contribution >= 0.6 is 0 Å². The Labute approximate surface area is 117 Å². The van der Waals surface area contributed by atoms with Crippen molar-refractivity contribution in [1.29, 1.82) is 5.26 Å². The van der Waals surface area contributed by atoms with Gasteiger partial charge in [0.2, 0.25) is 0 Å². The maximum absolute atomic E-state index is 9.49. The van der Waals surface area contributed by atoms with Crippen LogP contribution in [0.25, 0.3) is 0 Å². The van der Waals surface area contributed by atoms with Gasteiger partial charge in [0.05, 0.1) is 20.1 Å². The van der Waals surface area contributed by atoms with Gasteiger partial charge in [-0.05, 0) is 11.1 Å². The van der Waals surface area contributed by atoms with Crippen LogP contribution in [-0.2, 0) is 0 Å². The van der Waals surface area contributed by atoms with Crippen LogP contribution in [0.15, 0.2) is 30.3 Å². The summed E-state index contributed by atoms with van der Waals surface area (Å²) < 4.78 is 0. The lowest BCUT2D eigenvalue weighted by atomic mass is 9.65. The van der Waals surface area contributed by atoms with E-state index in [-0.39, 0.29) is 11.5 Å². The van der Waals surface area contributed by atoms with Crippen LogP contribution in [0.4, 0.5) is 0 Å². The molecular weight excluding hydrogens is 253 g/mol. The van der Waals surface area contributed by atoms with Crippen molar-refractivity contribution in [3.63, 3.8) is 0 Å². The molecule has 0 saturated heterocycles. The topological polar surface area (TPSA) is 64.2 Å². The molecule has 0 aromatic heterocycles. The Morgan fingerprint density at radius 3 is 2.05 bits per heavy atom. The first-order valence-corrected chi connectivity index (χ1v) is 10.2. The molecule has 1 aromatic carbocycles. The third-order valence-corrected chi connectivity index (χ3v) is 6.20. The van der Waals surface area contributed by atoms with E-state index >= 15 is 0 Å². The smallest absolute Gasteiger partial charge is 0.427 e. The molecule has 0 amide bonds. The fourth-order valence-corrected chi connectivity index (χ4v) is 5.24. The number of hydrogen-bond acceptors (Lipinski definition) is 3. The molecule has 3 atom stereocenters. The predicted molar refractivity (Wildman–Crippen MR) is 81.2 cm³/mol. The molecule has 0 fully saturated rings. The maximum atomic E-state index is 9.49. The molecule has 0 spiro atoms. The standard InChI is InChI=1S/C14H22BNO2Si/c1-11(15(17)18)13(10-16)14(19(2,3)4)12-8-6-5-7-9-12/h5-9,11,13-14,17-18H,1-4H3. The molecular formula is C14H22BNO2Si. The zero-order valence-electron chi connectivity index (χ0n) is 12.0. The summed E-state index contributed by atoms with van der Waals surface area (Å²) in [4.78, 5) is 0. The van der Waals surface area contributed by atoms with Gasteiger partial charge in [-0.25, -0.2) is 0 Å². The highest BCUT2D eigenvalue weighted by Crippen LogP contribution is 2.40. The van der Waals surface area contributed by atoms with Crippen molar-refractivity contribution in [3.8, 4) is 6.07 Å². The lowest BCUT2D eigenvalue weighted by Crippen LogP contribution is -2.40. The van der Waals surface area contributed by atoms with E-state index in [1.165, 1.54) is 0 Å². The Morgan fingerprint density at radius 1 is 1.16 bits per heavy atom. The van der Waals surface area contributed by atoms with Crippen molar-refractivity contribution in [2.45, 2.75) is 37.9 Å². The van der Waals surface area contributed by atoms with Crippen LogP contribution in [0.5, 0.6) is 0 Å². The highest BCUT2D eigenvalue weighted by molar-refractivity contribution is 6.77. The minimum atomic E-state index is -1.66. The summed E-state index contributed by atoms with van der Waals surface area (Å²) in [5, 5.41) is 28.3. The quantitative estimate of drug-likeness (QED) is 0.812. The zero-order chi connectivity index (χ0) is 14.6. The second-order valence-corrected chi connectivity index (χ2v) is 11.5. The second kappa shape index (κ2) is 6.38. The molecule has 0 aliphatic rings. The minimum Gasteiger partial charge on any atom is -0.427 e. The molecule has 19 heavy (non-hydrogen) atoms. The average Bonchev–Trinajstić information content (AvgIpc) is 2.34. The Hall–Kier alpha value is -1.09. The van der Waals surface area contributed by atoms with Crippen molar-refractivity contribution >= 4 is 15.2 Å². The summed E-state index contributed by atoms with van der Waals surface area (Å²) in [7, 11) is -3.12. The van der Waals surface area contributed by atoms with E-state index in [0.717, 1.165) is 5.56 Å². The molecule has 3 nitrogen and oxygen atoms in total. The number of nitrogens with zero attached hydrogens (tertiary/aromatic N) is 1. The number of rotatable bonds is 5. The highest BCUT2D eigenvalue weighted by Gasteiger charge is 2.41. The summed E-state index contributed by atoms with van der Waals surface area (Å²) in [5.74, 6) is -0.837. The van der Waals surface area contributed by atoms with Crippen molar-refractivity contribution in [1.82, 2.24) is 0 Å². The highest BCUT2D eigenvalue weighted by atomic mass is 28.3. The molecule has 3 unspecified atom stereocenters. The molecule has 0 bridgehead atoms. The van der Waals surface area contributed by atoms with E-state index < -0.39 is 21.0 Å². The summed E-state index contributed by atoms with van der Waals surface area (Å²) in [6, 6.07) is 12.3. The Morgan fingerprint density at radius 2 is 1.68 bits per heavy atom. The van der Waals surface area contributed by atoms with Gasteiger partial charge in [0.1, 0.15) is 0 Å². The van der Waals surface area contributed by atoms with E-state index in [1.54, 1.807) is 6.92 Å². The molecule has 0 radical (unpaired) electrons. The minimum absolute atomic E-state index is 0.0931. The van der Waals surface area contributed by atoms with E-state index in [9.17, 15) is 15.3 Å². The van der Waals surface area contributed by atoms with Gasteiger partial charge in [0.25, 0.3) is 0 Å². The largest absolute Gasteiger partial charge is 0.455 e. The molecule has 1 rings (SSSR count). The van der Waals surface area contributed by atoms with Crippen molar-refractivity contribution in [3.05, 3.63) is 35.9 Å². The van der Waals surface area contributed by atoms with Crippen molar-refractivity contribution in [2.75, 3.05) is 0 Å². The van der Waals surface area contributed by atoms with Gasteiger partial charge in [-0.1, -0.05) is 56.9 Å². The molecule has 102 valence electrons. The monoisotopic (exact) mass is 275 g/mol. The predicted octanol–water partition coefficient (Wildman–Crippen LogP) is 2.65. The Balaban J connectivity index is 3.22. The Bertz CT molecular complexity index is 439. The van der Waals surface area contributed by atoms with Gasteiger partial charge in [-0.15, -0.1) is 0 Å². The van der Waals surface area contributed by atoms with Crippen LogP contribution < -0.4 is 0 Å². The summed E-state index contributed by atoms with van der Waals surface area (Å²) in [5.41, 5.74) is 1.22. The van der Waals surface area contributed by atoms with Crippen molar-refractivity contribution in [2.24, 2.45) is 5.92 Å². The number of benzene rings is 1. The van der Waals surface area contributed by atoms with Crippen LogP contribution in [0.2, 0.25) is 25.5 Å². The summed E-state index contributed by atoms with van der Waals surface area (Å²) >= 11 is 0. The molecule has 1 aromatic rings.